The maximum atomic E-state index is 5.42. The Hall–Kier alpha value is -1.20. The molecule has 0 radical (unpaired) electrons. The van der Waals surface area contributed by atoms with Crippen molar-refractivity contribution in [2.24, 2.45) is 5.73 Å². The molecule has 0 aromatic carbocycles. The number of aromatic nitrogens is 2. The van der Waals surface area contributed by atoms with Crippen LogP contribution in [0.2, 0.25) is 0 Å². The van der Waals surface area contributed by atoms with Crippen LogP contribution in [0.15, 0.2) is 12.4 Å². The summed E-state index contributed by atoms with van der Waals surface area (Å²) in [6.45, 7) is 3.76. The molecule has 1 aliphatic rings. The van der Waals surface area contributed by atoms with Crippen LogP contribution < -0.4 is 10.6 Å². The highest BCUT2D eigenvalue weighted by Crippen LogP contribution is 2.12. The van der Waals surface area contributed by atoms with Gasteiger partial charge in [0.1, 0.15) is 5.82 Å². The fraction of sp³-hybridized carbons (Fsp3) is 0.556. The number of hydrogen-bond donors (Lipinski definition) is 1. The third-order valence-electron chi connectivity index (χ3n) is 2.25. The maximum absolute atomic E-state index is 5.42. The third kappa shape index (κ3) is 2.00. The van der Waals surface area contributed by atoms with Crippen molar-refractivity contribution < 1.29 is 4.74 Å². The van der Waals surface area contributed by atoms with Gasteiger partial charge in [0.2, 0.25) is 0 Å². The summed E-state index contributed by atoms with van der Waals surface area (Å²) in [5, 5.41) is 0. The minimum atomic E-state index is 0.392. The first-order valence-corrected chi connectivity index (χ1v) is 4.74. The van der Waals surface area contributed by atoms with Crippen LogP contribution in [-0.4, -0.2) is 36.3 Å². The van der Waals surface area contributed by atoms with Gasteiger partial charge in [0.05, 0.1) is 37.8 Å². The van der Waals surface area contributed by atoms with E-state index in [-0.39, 0.29) is 0 Å². The van der Waals surface area contributed by atoms with Crippen LogP contribution >= 0.6 is 0 Å². The largest absolute Gasteiger partial charge is 0.378 e. The first-order valence-electron chi connectivity index (χ1n) is 4.74. The summed E-state index contributed by atoms with van der Waals surface area (Å²) < 4.78 is 5.26. The van der Waals surface area contributed by atoms with Gasteiger partial charge >= 0.3 is 0 Å². The van der Waals surface area contributed by atoms with E-state index in [1.54, 1.807) is 0 Å². The Kier molecular flexibility index (Phi) is 2.90. The Morgan fingerprint density at radius 2 is 1.93 bits per heavy atom. The van der Waals surface area contributed by atoms with Crippen molar-refractivity contribution in [3.05, 3.63) is 18.2 Å². The van der Waals surface area contributed by atoms with E-state index in [9.17, 15) is 0 Å². The van der Waals surface area contributed by atoms with E-state index in [0.717, 1.165) is 32.0 Å². The van der Waals surface area contributed by atoms with Gasteiger partial charge in [-0.25, -0.2) is 9.97 Å². The van der Waals surface area contributed by atoms with Crippen LogP contribution in [0, 0.1) is 0 Å². The summed E-state index contributed by atoms with van der Waals surface area (Å²) in [7, 11) is 0. The molecule has 0 unspecified atom stereocenters. The van der Waals surface area contributed by atoms with Crippen LogP contribution in [0.4, 0.5) is 5.69 Å². The smallest absolute Gasteiger partial charge is 0.141 e. The molecule has 1 aromatic rings. The quantitative estimate of drug-likeness (QED) is 0.704. The standard InChI is InChI=1S/C9H14N4O/c10-5-9-11-6-8(7-12-9)13-1-3-14-4-2-13/h6-7H,1-5,10H2. The van der Waals surface area contributed by atoms with Crippen molar-refractivity contribution in [2.45, 2.75) is 6.54 Å². The molecule has 2 rings (SSSR count). The Morgan fingerprint density at radius 1 is 1.29 bits per heavy atom. The molecule has 1 aliphatic heterocycles. The van der Waals surface area contributed by atoms with Crippen LogP contribution in [0.25, 0.3) is 0 Å². The number of hydrogen-bond acceptors (Lipinski definition) is 5. The zero-order chi connectivity index (χ0) is 9.80. The summed E-state index contributed by atoms with van der Waals surface area (Å²) in [5.74, 6) is 0.682. The highest BCUT2D eigenvalue weighted by Gasteiger charge is 2.11. The van der Waals surface area contributed by atoms with E-state index >= 15 is 0 Å². The molecule has 0 atom stereocenters. The molecule has 1 aromatic heterocycles. The van der Waals surface area contributed by atoms with Crippen LogP contribution in [0.5, 0.6) is 0 Å². The number of nitrogens with two attached hydrogens (primary N) is 1. The van der Waals surface area contributed by atoms with Crippen molar-refractivity contribution in [1.82, 2.24) is 9.97 Å². The molecule has 1 fully saturated rings. The van der Waals surface area contributed by atoms with Gasteiger partial charge < -0.3 is 15.4 Å². The zero-order valence-electron chi connectivity index (χ0n) is 8.02. The van der Waals surface area contributed by atoms with Crippen LogP contribution in [0.3, 0.4) is 0 Å². The van der Waals surface area contributed by atoms with Gasteiger partial charge in [-0.05, 0) is 0 Å². The van der Waals surface area contributed by atoms with Crippen molar-refractivity contribution in [2.75, 3.05) is 31.2 Å². The Balaban J connectivity index is 2.07. The van der Waals surface area contributed by atoms with Crippen LogP contribution in [-0.2, 0) is 11.3 Å². The van der Waals surface area contributed by atoms with E-state index in [1.807, 2.05) is 12.4 Å². The summed E-state index contributed by atoms with van der Waals surface area (Å²) >= 11 is 0. The molecule has 5 nitrogen and oxygen atoms in total. The molecule has 0 bridgehead atoms. The lowest BCUT2D eigenvalue weighted by atomic mass is 10.3. The molecule has 1 saturated heterocycles. The second-order valence-electron chi connectivity index (χ2n) is 3.16. The van der Waals surface area contributed by atoms with Gasteiger partial charge in [-0.15, -0.1) is 0 Å². The van der Waals surface area contributed by atoms with Crippen LogP contribution in [0.1, 0.15) is 5.82 Å². The van der Waals surface area contributed by atoms with Crippen molar-refractivity contribution in [1.29, 1.82) is 0 Å². The molecule has 14 heavy (non-hydrogen) atoms. The lowest BCUT2D eigenvalue weighted by molar-refractivity contribution is 0.122. The van der Waals surface area contributed by atoms with Gasteiger partial charge in [0.15, 0.2) is 0 Å². The number of rotatable bonds is 2. The summed E-state index contributed by atoms with van der Waals surface area (Å²) in [6, 6.07) is 0. The number of nitrogens with zero attached hydrogens (tertiary/aromatic N) is 3. The Labute approximate surface area is 82.9 Å². The monoisotopic (exact) mass is 194 g/mol. The Morgan fingerprint density at radius 3 is 2.50 bits per heavy atom. The maximum Gasteiger partial charge on any atom is 0.141 e. The van der Waals surface area contributed by atoms with E-state index in [0.29, 0.717) is 12.4 Å². The SMILES string of the molecule is NCc1ncc(N2CCOCC2)cn1. The fourth-order valence-corrected chi connectivity index (χ4v) is 1.44. The third-order valence-corrected chi connectivity index (χ3v) is 2.25. The van der Waals surface area contributed by atoms with Crippen molar-refractivity contribution in [3.63, 3.8) is 0 Å². The highest BCUT2D eigenvalue weighted by molar-refractivity contribution is 5.42. The number of morpholine rings is 1. The summed E-state index contributed by atoms with van der Waals surface area (Å²) in [6.07, 6.45) is 3.64. The summed E-state index contributed by atoms with van der Waals surface area (Å²) in [5.41, 5.74) is 6.47. The van der Waals surface area contributed by atoms with Crippen molar-refractivity contribution >= 4 is 5.69 Å². The highest BCUT2D eigenvalue weighted by atomic mass is 16.5. The molecule has 2 N–H and O–H groups in total. The second-order valence-corrected chi connectivity index (χ2v) is 3.16. The lowest BCUT2D eigenvalue weighted by Crippen LogP contribution is -2.36. The predicted octanol–water partition coefficient (Wildman–Crippen LogP) is -0.228. The molecule has 2 heterocycles. The van der Waals surface area contributed by atoms with Gasteiger partial charge in [-0.1, -0.05) is 0 Å². The van der Waals surface area contributed by atoms with Gasteiger partial charge in [-0.3, -0.25) is 0 Å². The number of ether oxygens (including phenoxy) is 1. The molecular formula is C9H14N4O. The van der Waals surface area contributed by atoms with Gasteiger partial charge in [0, 0.05) is 13.1 Å². The second kappa shape index (κ2) is 4.34. The topological polar surface area (TPSA) is 64.3 Å². The van der Waals surface area contributed by atoms with Gasteiger partial charge in [0.25, 0.3) is 0 Å². The van der Waals surface area contributed by atoms with E-state index in [4.69, 9.17) is 10.5 Å². The first kappa shape index (κ1) is 9.36. The van der Waals surface area contributed by atoms with Crippen molar-refractivity contribution in [3.8, 4) is 0 Å². The average Bonchev–Trinajstić information content (AvgIpc) is 2.30. The normalized spacial score (nSPS) is 17.1. The fourth-order valence-electron chi connectivity index (χ4n) is 1.44. The molecular weight excluding hydrogens is 180 g/mol. The molecule has 0 saturated carbocycles. The molecule has 5 heteroatoms. The molecule has 0 spiro atoms. The molecule has 0 amide bonds. The predicted molar refractivity (Wildman–Crippen MR) is 53.0 cm³/mol. The minimum absolute atomic E-state index is 0.392. The van der Waals surface area contributed by atoms with Gasteiger partial charge in [-0.2, -0.15) is 0 Å². The minimum Gasteiger partial charge on any atom is -0.378 e. The Bertz CT molecular complexity index is 281. The number of anilines is 1. The van der Waals surface area contributed by atoms with E-state index in [2.05, 4.69) is 14.9 Å². The summed E-state index contributed by atoms with van der Waals surface area (Å²) in [4.78, 5) is 10.5. The van der Waals surface area contributed by atoms with E-state index in [1.165, 1.54) is 0 Å². The molecule has 0 aliphatic carbocycles. The molecule has 76 valence electrons. The van der Waals surface area contributed by atoms with E-state index < -0.39 is 0 Å². The zero-order valence-corrected chi connectivity index (χ0v) is 8.02. The lowest BCUT2D eigenvalue weighted by Gasteiger charge is -2.28. The average molecular weight is 194 g/mol. The first-order chi connectivity index (χ1) is 6.90.